The van der Waals surface area contributed by atoms with Crippen molar-refractivity contribution >= 4 is 14.1 Å². The molecule has 0 aromatic heterocycles. The summed E-state index contributed by atoms with van der Waals surface area (Å²) in [6, 6.07) is 3.60. The van der Waals surface area contributed by atoms with Gasteiger partial charge in [0.05, 0.1) is 5.60 Å². The number of fused-ring (bicyclic) bond motifs is 1. The summed E-state index contributed by atoms with van der Waals surface area (Å²) in [5.74, 6) is 1.25. The molecule has 0 radical (unpaired) electrons. The predicted octanol–water partition coefficient (Wildman–Crippen LogP) is 7.86. The highest BCUT2D eigenvalue weighted by molar-refractivity contribution is 6.73. The highest BCUT2D eigenvalue weighted by Gasteiger charge is 2.47. The summed E-state index contributed by atoms with van der Waals surface area (Å²) >= 11 is 0. The minimum Gasteiger partial charge on any atom is -0.408 e. The van der Waals surface area contributed by atoms with E-state index in [0.717, 1.165) is 38.5 Å². The fourth-order valence-corrected chi connectivity index (χ4v) is 9.14. The van der Waals surface area contributed by atoms with Gasteiger partial charge in [0.1, 0.15) is 5.78 Å². The van der Waals surface area contributed by atoms with E-state index < -0.39 is 8.32 Å². The number of allylic oxidation sites excluding steroid dienone is 3. The van der Waals surface area contributed by atoms with Crippen molar-refractivity contribution < 1.29 is 9.22 Å². The van der Waals surface area contributed by atoms with Crippen LogP contribution in [-0.4, -0.2) is 19.7 Å². The molecule has 29 heavy (non-hydrogen) atoms. The maximum Gasteiger partial charge on any atom is 0.193 e. The third-order valence-corrected chi connectivity index (χ3v) is 13.2. The molecule has 0 saturated heterocycles. The Morgan fingerprint density at radius 2 is 1.83 bits per heavy atom. The SMILES string of the molecule is CCC(/C=C/C[C@H](C)C1=CC[C@H]2C(=O)CCC[C@]12C)(CC)O[Si](CC)(CC)CC. The molecule has 2 aliphatic carbocycles. The second-order valence-electron chi connectivity index (χ2n) is 9.84. The number of carbonyl (C=O) groups is 1. The largest absolute Gasteiger partial charge is 0.408 e. The third kappa shape index (κ3) is 4.98. The van der Waals surface area contributed by atoms with Gasteiger partial charge in [0, 0.05) is 12.3 Å². The molecule has 1 saturated carbocycles. The van der Waals surface area contributed by atoms with Gasteiger partial charge >= 0.3 is 0 Å². The second-order valence-corrected chi connectivity index (χ2v) is 14.5. The zero-order chi connectivity index (χ0) is 21.7. The van der Waals surface area contributed by atoms with Crippen LogP contribution in [0.25, 0.3) is 0 Å². The third-order valence-electron chi connectivity index (χ3n) is 8.50. The van der Waals surface area contributed by atoms with E-state index in [0.29, 0.717) is 11.7 Å². The molecule has 166 valence electrons. The van der Waals surface area contributed by atoms with Gasteiger partial charge in [-0.15, -0.1) is 0 Å². The highest BCUT2D eigenvalue weighted by Crippen LogP contribution is 2.53. The summed E-state index contributed by atoms with van der Waals surface area (Å²) in [4.78, 5) is 12.4. The predicted molar refractivity (Wildman–Crippen MR) is 128 cm³/mol. The van der Waals surface area contributed by atoms with Gasteiger partial charge in [0.15, 0.2) is 8.32 Å². The molecule has 2 aliphatic rings. The van der Waals surface area contributed by atoms with E-state index in [1.165, 1.54) is 24.6 Å². The van der Waals surface area contributed by atoms with Crippen LogP contribution in [0.5, 0.6) is 0 Å². The van der Waals surface area contributed by atoms with Crippen molar-refractivity contribution in [1.82, 2.24) is 0 Å². The molecule has 0 unspecified atom stereocenters. The number of ketones is 1. The molecule has 3 atom stereocenters. The maximum absolute atomic E-state index is 12.4. The van der Waals surface area contributed by atoms with E-state index in [9.17, 15) is 4.79 Å². The maximum atomic E-state index is 12.4. The van der Waals surface area contributed by atoms with Gasteiger partial charge in [0.25, 0.3) is 0 Å². The van der Waals surface area contributed by atoms with Gasteiger partial charge < -0.3 is 4.43 Å². The number of carbonyl (C=O) groups excluding carboxylic acids is 1. The first-order valence-electron chi connectivity index (χ1n) is 12.4. The number of Topliss-reactive ketones (excluding diaryl/α,β-unsaturated/α-hetero) is 1. The Morgan fingerprint density at radius 3 is 2.38 bits per heavy atom. The molecule has 0 N–H and O–H groups in total. The van der Waals surface area contributed by atoms with Crippen molar-refractivity contribution in [3.8, 4) is 0 Å². The Morgan fingerprint density at radius 1 is 1.21 bits per heavy atom. The molecule has 0 heterocycles. The minimum absolute atomic E-state index is 0.106. The molecular formula is C26H46O2Si. The first kappa shape index (κ1) is 24.6. The van der Waals surface area contributed by atoms with Crippen LogP contribution < -0.4 is 0 Å². The molecule has 0 bridgehead atoms. The Balaban J connectivity index is 2.10. The minimum atomic E-state index is -1.64. The van der Waals surface area contributed by atoms with Crippen molar-refractivity contribution in [1.29, 1.82) is 0 Å². The monoisotopic (exact) mass is 418 g/mol. The molecular weight excluding hydrogens is 372 g/mol. The van der Waals surface area contributed by atoms with Gasteiger partial charge in [-0.1, -0.05) is 72.3 Å². The lowest BCUT2D eigenvalue weighted by atomic mass is 9.63. The van der Waals surface area contributed by atoms with E-state index in [1.54, 1.807) is 5.57 Å². The van der Waals surface area contributed by atoms with Crippen LogP contribution in [0.4, 0.5) is 0 Å². The molecule has 2 nitrogen and oxygen atoms in total. The van der Waals surface area contributed by atoms with Gasteiger partial charge in [-0.05, 0) is 68.0 Å². The van der Waals surface area contributed by atoms with Crippen molar-refractivity contribution in [3.05, 3.63) is 23.8 Å². The molecule has 0 spiro atoms. The van der Waals surface area contributed by atoms with Gasteiger partial charge in [-0.25, -0.2) is 0 Å². The van der Waals surface area contributed by atoms with Gasteiger partial charge in [-0.2, -0.15) is 0 Å². The van der Waals surface area contributed by atoms with Crippen LogP contribution in [0.15, 0.2) is 23.8 Å². The van der Waals surface area contributed by atoms with E-state index in [1.807, 2.05) is 0 Å². The lowest BCUT2D eigenvalue weighted by molar-refractivity contribution is -0.128. The molecule has 0 aromatic carbocycles. The van der Waals surface area contributed by atoms with E-state index in [4.69, 9.17) is 4.43 Å². The van der Waals surface area contributed by atoms with Gasteiger partial charge in [0.2, 0.25) is 0 Å². The van der Waals surface area contributed by atoms with E-state index in [-0.39, 0.29) is 16.9 Å². The second kappa shape index (κ2) is 10.1. The highest BCUT2D eigenvalue weighted by atomic mass is 28.4. The summed E-state index contributed by atoms with van der Waals surface area (Å²) in [7, 11) is -1.64. The van der Waals surface area contributed by atoms with E-state index >= 15 is 0 Å². The van der Waals surface area contributed by atoms with E-state index in [2.05, 4.69) is 66.7 Å². The van der Waals surface area contributed by atoms with Crippen molar-refractivity contribution in [2.75, 3.05) is 0 Å². The average molecular weight is 419 g/mol. The van der Waals surface area contributed by atoms with Crippen molar-refractivity contribution in [3.63, 3.8) is 0 Å². The first-order chi connectivity index (χ1) is 13.7. The lowest BCUT2D eigenvalue weighted by Gasteiger charge is -2.41. The Hall–Kier alpha value is -0.673. The molecule has 0 aromatic rings. The Kier molecular flexibility index (Phi) is 8.56. The topological polar surface area (TPSA) is 26.3 Å². The smallest absolute Gasteiger partial charge is 0.193 e. The normalized spacial score (nSPS) is 26.7. The zero-order valence-electron chi connectivity index (χ0n) is 20.3. The number of hydrogen-bond donors (Lipinski definition) is 0. The molecule has 2 rings (SSSR count). The van der Waals surface area contributed by atoms with Crippen LogP contribution in [-0.2, 0) is 9.22 Å². The van der Waals surface area contributed by atoms with Crippen LogP contribution in [0.3, 0.4) is 0 Å². The number of rotatable bonds is 11. The Labute approximate surface area is 181 Å². The van der Waals surface area contributed by atoms with Gasteiger partial charge in [-0.3, -0.25) is 4.79 Å². The Bertz CT molecular complexity index is 604. The van der Waals surface area contributed by atoms with Crippen molar-refractivity contribution in [2.45, 2.75) is 117 Å². The van der Waals surface area contributed by atoms with Crippen LogP contribution in [0.2, 0.25) is 18.1 Å². The molecule has 0 amide bonds. The number of hydrogen-bond acceptors (Lipinski definition) is 2. The van der Waals surface area contributed by atoms with Crippen LogP contribution >= 0.6 is 0 Å². The summed E-state index contributed by atoms with van der Waals surface area (Å²) in [5, 5.41) is 0. The van der Waals surface area contributed by atoms with Crippen LogP contribution in [0, 0.1) is 17.3 Å². The molecule has 0 aliphatic heterocycles. The fraction of sp³-hybridized carbons (Fsp3) is 0.808. The summed E-state index contributed by atoms with van der Waals surface area (Å²) in [6.45, 7) is 16.2. The zero-order valence-corrected chi connectivity index (χ0v) is 21.3. The fourth-order valence-electron chi connectivity index (χ4n) is 5.99. The summed E-state index contributed by atoms with van der Waals surface area (Å²) in [6.07, 6.45) is 14.3. The first-order valence-corrected chi connectivity index (χ1v) is 14.9. The average Bonchev–Trinajstić information content (AvgIpc) is 3.09. The lowest BCUT2D eigenvalue weighted by Crippen LogP contribution is -2.46. The standard InChI is InChI=1S/C26H46O2Si/c1-8-26(9-2,28-29(10-3,11-4)12-5)20-13-15-21(6)22-17-18-23-24(27)16-14-19-25(22,23)7/h13,17,20-21,23H,8-12,14-16,18-19H2,1-7H3/b20-13+/t21-,23-,25+/m0/s1. The quantitative estimate of drug-likeness (QED) is 0.252. The van der Waals surface area contributed by atoms with Crippen LogP contribution in [0.1, 0.15) is 93.4 Å². The summed E-state index contributed by atoms with van der Waals surface area (Å²) < 4.78 is 6.99. The molecule has 3 heteroatoms. The molecule has 1 fully saturated rings. The summed E-state index contributed by atoms with van der Waals surface area (Å²) in [5.41, 5.74) is 1.55. The van der Waals surface area contributed by atoms with Crippen molar-refractivity contribution in [2.24, 2.45) is 17.3 Å².